The molecule has 2 bridgehead atoms. The number of hydrogen-bond acceptors (Lipinski definition) is 2. The van der Waals surface area contributed by atoms with E-state index in [-0.39, 0.29) is 0 Å². The van der Waals surface area contributed by atoms with Gasteiger partial charge in [-0.1, -0.05) is 15.9 Å². The van der Waals surface area contributed by atoms with Crippen LogP contribution in [-0.4, -0.2) is 30.1 Å². The van der Waals surface area contributed by atoms with Gasteiger partial charge < -0.3 is 9.64 Å². The first-order valence-electron chi connectivity index (χ1n) is 6.36. The van der Waals surface area contributed by atoms with Crippen LogP contribution in [0.15, 0.2) is 28.7 Å². The smallest absolute Gasteiger partial charge is 0.119 e. The van der Waals surface area contributed by atoms with Crippen LogP contribution in [0.3, 0.4) is 0 Å². The molecule has 92 valence electrons. The average Bonchev–Trinajstić information content (AvgIpc) is 2.55. The number of piperidine rings is 1. The number of nitrogens with zero attached hydrogens (tertiary/aromatic N) is 1. The molecule has 0 aliphatic carbocycles. The highest BCUT2D eigenvalue weighted by atomic mass is 79.9. The largest absolute Gasteiger partial charge is 0.490 e. The molecule has 0 amide bonds. The van der Waals surface area contributed by atoms with Crippen molar-refractivity contribution in [3.05, 3.63) is 28.7 Å². The topological polar surface area (TPSA) is 12.5 Å². The zero-order valence-electron chi connectivity index (χ0n) is 10.1. The van der Waals surface area contributed by atoms with Gasteiger partial charge in [0, 0.05) is 16.6 Å². The minimum atomic E-state index is 0.407. The molecule has 0 N–H and O–H groups in total. The number of rotatable bonds is 2. The molecule has 3 rings (SSSR count). The quantitative estimate of drug-likeness (QED) is 0.829. The Bertz CT molecular complexity index is 378. The molecule has 1 aromatic rings. The third kappa shape index (κ3) is 2.36. The van der Waals surface area contributed by atoms with E-state index in [1.165, 1.54) is 25.7 Å². The Kier molecular flexibility index (Phi) is 3.14. The number of halogens is 1. The Balaban J connectivity index is 1.65. The van der Waals surface area contributed by atoms with Crippen LogP contribution in [-0.2, 0) is 0 Å². The van der Waals surface area contributed by atoms with Crippen molar-refractivity contribution >= 4 is 15.9 Å². The summed E-state index contributed by atoms with van der Waals surface area (Å²) in [5, 5.41) is 0. The molecule has 3 atom stereocenters. The Hall–Kier alpha value is -0.540. The van der Waals surface area contributed by atoms with Crippen molar-refractivity contribution in [2.24, 2.45) is 0 Å². The highest BCUT2D eigenvalue weighted by molar-refractivity contribution is 9.10. The van der Waals surface area contributed by atoms with Crippen molar-refractivity contribution in [2.75, 3.05) is 7.05 Å². The number of benzene rings is 1. The molecule has 0 spiro atoms. The van der Waals surface area contributed by atoms with Crippen LogP contribution >= 0.6 is 15.9 Å². The normalized spacial score (nSPS) is 32.7. The summed E-state index contributed by atoms with van der Waals surface area (Å²) in [6.07, 6.45) is 5.47. The van der Waals surface area contributed by atoms with Gasteiger partial charge in [-0.25, -0.2) is 0 Å². The molecule has 2 aliphatic rings. The van der Waals surface area contributed by atoms with Gasteiger partial charge in [0.2, 0.25) is 0 Å². The van der Waals surface area contributed by atoms with Crippen LogP contribution in [0.25, 0.3) is 0 Å². The first kappa shape index (κ1) is 11.5. The molecular formula is C14H18BrNO. The predicted molar refractivity (Wildman–Crippen MR) is 72.4 cm³/mol. The summed E-state index contributed by atoms with van der Waals surface area (Å²) >= 11 is 3.45. The predicted octanol–water partition coefficient (Wildman–Crippen LogP) is 3.45. The van der Waals surface area contributed by atoms with Crippen molar-refractivity contribution in [2.45, 2.75) is 43.9 Å². The van der Waals surface area contributed by atoms with Crippen molar-refractivity contribution in [3.63, 3.8) is 0 Å². The monoisotopic (exact) mass is 295 g/mol. The lowest BCUT2D eigenvalue weighted by Gasteiger charge is -2.36. The van der Waals surface area contributed by atoms with Gasteiger partial charge in [-0.2, -0.15) is 0 Å². The average molecular weight is 296 g/mol. The molecule has 2 nitrogen and oxygen atoms in total. The van der Waals surface area contributed by atoms with Gasteiger partial charge in [0.15, 0.2) is 0 Å². The summed E-state index contributed by atoms with van der Waals surface area (Å²) in [6.45, 7) is 0. The van der Waals surface area contributed by atoms with Gasteiger partial charge in [0.25, 0.3) is 0 Å². The lowest BCUT2D eigenvalue weighted by molar-refractivity contribution is 0.0661. The molecule has 17 heavy (non-hydrogen) atoms. The lowest BCUT2D eigenvalue weighted by atomic mass is 10.0. The van der Waals surface area contributed by atoms with Gasteiger partial charge in [-0.15, -0.1) is 0 Å². The zero-order valence-corrected chi connectivity index (χ0v) is 11.7. The summed E-state index contributed by atoms with van der Waals surface area (Å²) < 4.78 is 7.20. The second-order valence-corrected chi connectivity index (χ2v) is 6.13. The maximum absolute atomic E-state index is 6.09. The Morgan fingerprint density at radius 3 is 2.29 bits per heavy atom. The molecule has 1 aromatic carbocycles. The highest BCUT2D eigenvalue weighted by Crippen LogP contribution is 2.35. The summed E-state index contributed by atoms with van der Waals surface area (Å²) in [7, 11) is 2.26. The van der Waals surface area contributed by atoms with E-state index in [0.717, 1.165) is 22.3 Å². The maximum Gasteiger partial charge on any atom is 0.119 e. The molecule has 0 aromatic heterocycles. The second kappa shape index (κ2) is 4.62. The van der Waals surface area contributed by atoms with Gasteiger partial charge in [0.05, 0.1) is 0 Å². The van der Waals surface area contributed by atoms with Gasteiger partial charge in [-0.05, 0) is 57.0 Å². The molecular weight excluding hydrogens is 278 g/mol. The van der Waals surface area contributed by atoms with Crippen LogP contribution in [0.2, 0.25) is 0 Å². The van der Waals surface area contributed by atoms with Crippen LogP contribution < -0.4 is 4.74 Å². The second-order valence-electron chi connectivity index (χ2n) is 5.22. The Morgan fingerprint density at radius 1 is 1.12 bits per heavy atom. The summed E-state index contributed by atoms with van der Waals surface area (Å²) in [5.74, 6) is 1.00. The summed E-state index contributed by atoms with van der Waals surface area (Å²) in [5.41, 5.74) is 0. The SMILES string of the molecule is CN1[C@@H]2CC[C@H]1C[C@@H](Oc1ccc(Br)cc1)C2. The fraction of sp³-hybridized carbons (Fsp3) is 0.571. The third-order valence-electron chi connectivity index (χ3n) is 4.17. The first-order valence-corrected chi connectivity index (χ1v) is 7.16. The van der Waals surface area contributed by atoms with E-state index in [9.17, 15) is 0 Å². The van der Waals surface area contributed by atoms with Gasteiger partial charge >= 0.3 is 0 Å². The van der Waals surface area contributed by atoms with E-state index >= 15 is 0 Å². The highest BCUT2D eigenvalue weighted by Gasteiger charge is 2.39. The fourth-order valence-electron chi connectivity index (χ4n) is 3.16. The lowest BCUT2D eigenvalue weighted by Crippen LogP contribution is -2.43. The third-order valence-corrected chi connectivity index (χ3v) is 4.70. The van der Waals surface area contributed by atoms with E-state index in [2.05, 4.69) is 27.9 Å². The minimum Gasteiger partial charge on any atom is -0.490 e. The first-order chi connectivity index (χ1) is 8.22. The summed E-state index contributed by atoms with van der Waals surface area (Å²) in [4.78, 5) is 2.54. The molecule has 2 saturated heterocycles. The minimum absolute atomic E-state index is 0.407. The molecule has 0 radical (unpaired) electrons. The Labute approximate surface area is 111 Å². The molecule has 2 fully saturated rings. The van der Waals surface area contributed by atoms with Crippen molar-refractivity contribution in [1.29, 1.82) is 0 Å². The number of ether oxygens (including phenoxy) is 1. The van der Waals surface area contributed by atoms with E-state index in [1.807, 2.05) is 24.3 Å². The molecule has 0 saturated carbocycles. The molecule has 0 unspecified atom stereocenters. The van der Waals surface area contributed by atoms with Crippen LogP contribution in [0.1, 0.15) is 25.7 Å². The van der Waals surface area contributed by atoms with Crippen LogP contribution in [0.5, 0.6) is 5.75 Å². The van der Waals surface area contributed by atoms with Crippen molar-refractivity contribution in [3.8, 4) is 5.75 Å². The zero-order chi connectivity index (χ0) is 11.8. The van der Waals surface area contributed by atoms with Crippen molar-refractivity contribution < 1.29 is 4.74 Å². The number of fused-ring (bicyclic) bond motifs is 2. The van der Waals surface area contributed by atoms with E-state index in [0.29, 0.717) is 6.10 Å². The molecule has 3 heteroatoms. The van der Waals surface area contributed by atoms with Gasteiger partial charge in [-0.3, -0.25) is 0 Å². The van der Waals surface area contributed by atoms with Gasteiger partial charge in [0.1, 0.15) is 11.9 Å². The van der Waals surface area contributed by atoms with E-state index in [1.54, 1.807) is 0 Å². The maximum atomic E-state index is 6.09. The van der Waals surface area contributed by atoms with Crippen LogP contribution in [0.4, 0.5) is 0 Å². The summed E-state index contributed by atoms with van der Waals surface area (Å²) in [6, 6.07) is 9.66. The van der Waals surface area contributed by atoms with E-state index < -0.39 is 0 Å². The molecule has 2 heterocycles. The van der Waals surface area contributed by atoms with Crippen LogP contribution in [0, 0.1) is 0 Å². The standard InChI is InChI=1S/C14H18BrNO/c1-16-11-4-5-12(16)9-14(8-11)17-13-6-2-10(15)3-7-13/h2-3,6-7,11-12,14H,4-5,8-9H2,1H3/t11-,12+,14+. The fourth-order valence-corrected chi connectivity index (χ4v) is 3.43. The van der Waals surface area contributed by atoms with Crippen molar-refractivity contribution in [1.82, 2.24) is 4.90 Å². The van der Waals surface area contributed by atoms with E-state index in [4.69, 9.17) is 4.74 Å². The molecule has 2 aliphatic heterocycles. The number of hydrogen-bond donors (Lipinski definition) is 0. The Morgan fingerprint density at radius 2 is 1.71 bits per heavy atom.